The minimum Gasteiger partial charge on any atom is -0.494 e. The third-order valence-corrected chi connectivity index (χ3v) is 4.10. The number of rotatable bonds is 3. The second-order valence-corrected chi connectivity index (χ2v) is 5.45. The Bertz CT molecular complexity index is 651. The van der Waals surface area contributed by atoms with Gasteiger partial charge in [-0.25, -0.2) is 4.79 Å². The van der Waals surface area contributed by atoms with E-state index in [2.05, 4.69) is 0 Å². The molecule has 20 heavy (non-hydrogen) atoms. The lowest BCUT2D eigenvalue weighted by atomic mass is 9.83. The Hall–Kier alpha value is -1.77. The highest BCUT2D eigenvalue weighted by Gasteiger charge is 2.19. The van der Waals surface area contributed by atoms with Crippen LogP contribution < -0.4 is 10.4 Å². The van der Waals surface area contributed by atoms with Gasteiger partial charge in [-0.2, -0.15) is 0 Å². The fourth-order valence-corrected chi connectivity index (χ4v) is 3.18. The van der Waals surface area contributed by atoms with Crippen LogP contribution in [-0.4, -0.2) is 6.61 Å². The molecule has 1 saturated carbocycles. The molecule has 1 aromatic heterocycles. The van der Waals surface area contributed by atoms with Crippen molar-refractivity contribution in [1.82, 2.24) is 0 Å². The minimum absolute atomic E-state index is 0.258. The normalized spacial score (nSPS) is 16.4. The van der Waals surface area contributed by atoms with Crippen LogP contribution in [0.25, 0.3) is 11.0 Å². The summed E-state index contributed by atoms with van der Waals surface area (Å²) in [5, 5.41) is 1.06. The monoisotopic (exact) mass is 272 g/mol. The summed E-state index contributed by atoms with van der Waals surface area (Å²) >= 11 is 0. The van der Waals surface area contributed by atoms with Crippen LogP contribution in [0.1, 0.15) is 50.5 Å². The highest BCUT2D eigenvalue weighted by Crippen LogP contribution is 2.36. The summed E-state index contributed by atoms with van der Waals surface area (Å²) in [5.41, 5.74) is 1.54. The summed E-state index contributed by atoms with van der Waals surface area (Å²) in [7, 11) is 0. The van der Waals surface area contributed by atoms with Crippen LogP contribution >= 0.6 is 0 Å². The smallest absolute Gasteiger partial charge is 0.336 e. The Labute approximate surface area is 118 Å². The van der Waals surface area contributed by atoms with Crippen LogP contribution in [-0.2, 0) is 0 Å². The number of hydrogen-bond acceptors (Lipinski definition) is 3. The molecule has 1 fully saturated rings. The van der Waals surface area contributed by atoms with Crippen molar-refractivity contribution in [2.75, 3.05) is 6.61 Å². The quantitative estimate of drug-likeness (QED) is 0.784. The molecule has 2 aromatic rings. The van der Waals surface area contributed by atoms with Gasteiger partial charge in [-0.1, -0.05) is 19.3 Å². The van der Waals surface area contributed by atoms with E-state index in [1.807, 2.05) is 25.1 Å². The van der Waals surface area contributed by atoms with Crippen molar-refractivity contribution in [3.8, 4) is 5.75 Å². The topological polar surface area (TPSA) is 39.4 Å². The molecule has 1 aliphatic rings. The van der Waals surface area contributed by atoms with E-state index in [-0.39, 0.29) is 5.63 Å². The lowest BCUT2D eigenvalue weighted by Gasteiger charge is -2.22. The van der Waals surface area contributed by atoms with Gasteiger partial charge in [0.2, 0.25) is 0 Å². The Morgan fingerprint density at radius 3 is 2.75 bits per heavy atom. The van der Waals surface area contributed by atoms with Gasteiger partial charge in [-0.15, -0.1) is 0 Å². The molecule has 0 radical (unpaired) electrons. The first-order valence-electron chi connectivity index (χ1n) is 7.48. The SMILES string of the molecule is CCOc1ccc2c(C3CCCCC3)cc(=O)oc2c1. The summed E-state index contributed by atoms with van der Waals surface area (Å²) < 4.78 is 10.8. The first-order valence-corrected chi connectivity index (χ1v) is 7.48. The number of ether oxygens (including phenoxy) is 1. The van der Waals surface area contributed by atoms with Crippen LogP contribution in [0.5, 0.6) is 5.75 Å². The summed E-state index contributed by atoms with van der Waals surface area (Å²) in [6.07, 6.45) is 6.16. The molecule has 1 aliphatic carbocycles. The summed E-state index contributed by atoms with van der Waals surface area (Å²) in [5.74, 6) is 1.25. The first kappa shape index (κ1) is 13.2. The van der Waals surface area contributed by atoms with Gasteiger partial charge >= 0.3 is 5.63 Å². The molecule has 0 bridgehead atoms. The molecule has 0 saturated heterocycles. The molecule has 106 valence electrons. The molecule has 0 atom stereocenters. The van der Waals surface area contributed by atoms with Crippen molar-refractivity contribution < 1.29 is 9.15 Å². The van der Waals surface area contributed by atoms with E-state index < -0.39 is 0 Å². The van der Waals surface area contributed by atoms with E-state index in [0.717, 1.165) is 16.7 Å². The predicted molar refractivity (Wildman–Crippen MR) is 79.5 cm³/mol. The largest absolute Gasteiger partial charge is 0.494 e. The van der Waals surface area contributed by atoms with E-state index in [0.29, 0.717) is 18.1 Å². The third kappa shape index (κ3) is 2.58. The highest BCUT2D eigenvalue weighted by molar-refractivity contribution is 5.82. The van der Waals surface area contributed by atoms with E-state index in [1.54, 1.807) is 6.07 Å². The van der Waals surface area contributed by atoms with Crippen molar-refractivity contribution in [1.29, 1.82) is 0 Å². The van der Waals surface area contributed by atoms with E-state index in [4.69, 9.17) is 9.15 Å². The predicted octanol–water partition coefficient (Wildman–Crippen LogP) is 4.24. The van der Waals surface area contributed by atoms with E-state index in [1.165, 1.54) is 32.1 Å². The van der Waals surface area contributed by atoms with Crippen LogP contribution in [0.2, 0.25) is 0 Å². The van der Waals surface area contributed by atoms with Crippen molar-refractivity contribution in [3.05, 3.63) is 40.2 Å². The average Bonchev–Trinajstić information content (AvgIpc) is 2.47. The van der Waals surface area contributed by atoms with Crippen molar-refractivity contribution >= 4 is 11.0 Å². The fourth-order valence-electron chi connectivity index (χ4n) is 3.18. The Kier molecular flexibility index (Phi) is 3.77. The molecule has 0 aliphatic heterocycles. The number of benzene rings is 1. The van der Waals surface area contributed by atoms with Crippen molar-refractivity contribution in [2.24, 2.45) is 0 Å². The second kappa shape index (κ2) is 5.70. The molecule has 1 aromatic carbocycles. The third-order valence-electron chi connectivity index (χ3n) is 4.10. The van der Waals surface area contributed by atoms with Crippen molar-refractivity contribution in [3.63, 3.8) is 0 Å². The van der Waals surface area contributed by atoms with Gasteiger partial charge in [0.1, 0.15) is 11.3 Å². The molecule has 3 rings (SSSR count). The zero-order valence-corrected chi connectivity index (χ0v) is 11.9. The lowest BCUT2D eigenvalue weighted by Crippen LogP contribution is -2.09. The number of hydrogen-bond donors (Lipinski definition) is 0. The Morgan fingerprint density at radius 2 is 2.00 bits per heavy atom. The van der Waals surface area contributed by atoms with Gasteiger partial charge in [0.05, 0.1) is 6.61 Å². The molecule has 3 heteroatoms. The van der Waals surface area contributed by atoms with E-state index >= 15 is 0 Å². The molecule has 0 spiro atoms. The van der Waals surface area contributed by atoms with Gasteiger partial charge in [0.15, 0.2) is 0 Å². The van der Waals surface area contributed by atoms with Crippen LogP contribution in [0.4, 0.5) is 0 Å². The average molecular weight is 272 g/mol. The lowest BCUT2D eigenvalue weighted by molar-refractivity contribution is 0.340. The molecule has 3 nitrogen and oxygen atoms in total. The summed E-state index contributed by atoms with van der Waals surface area (Å²) in [4.78, 5) is 11.8. The summed E-state index contributed by atoms with van der Waals surface area (Å²) in [6.45, 7) is 2.55. The first-order chi connectivity index (χ1) is 9.78. The molecule has 1 heterocycles. The standard InChI is InChI=1S/C17H20O3/c1-2-19-13-8-9-14-15(12-6-4-3-5-7-12)11-17(18)20-16(14)10-13/h8-12H,2-7H2,1H3. The van der Waals surface area contributed by atoms with Crippen LogP contribution in [0.3, 0.4) is 0 Å². The maximum atomic E-state index is 11.8. The van der Waals surface area contributed by atoms with Gasteiger partial charge in [-0.3, -0.25) is 0 Å². The highest BCUT2D eigenvalue weighted by atomic mass is 16.5. The number of fused-ring (bicyclic) bond motifs is 1. The van der Waals surface area contributed by atoms with Gasteiger partial charge < -0.3 is 9.15 Å². The molecular formula is C17H20O3. The van der Waals surface area contributed by atoms with Gasteiger partial charge in [0, 0.05) is 17.5 Å². The van der Waals surface area contributed by atoms with E-state index in [9.17, 15) is 4.79 Å². The zero-order chi connectivity index (χ0) is 13.9. The van der Waals surface area contributed by atoms with Gasteiger partial charge in [0.25, 0.3) is 0 Å². The Morgan fingerprint density at radius 1 is 1.20 bits per heavy atom. The maximum absolute atomic E-state index is 11.8. The zero-order valence-electron chi connectivity index (χ0n) is 11.9. The molecule has 0 unspecified atom stereocenters. The Balaban J connectivity index is 2.09. The minimum atomic E-state index is -0.258. The molecule has 0 N–H and O–H groups in total. The van der Waals surface area contributed by atoms with Crippen LogP contribution in [0.15, 0.2) is 33.5 Å². The van der Waals surface area contributed by atoms with Crippen molar-refractivity contribution in [2.45, 2.75) is 44.9 Å². The molecule has 0 amide bonds. The molecular weight excluding hydrogens is 252 g/mol. The summed E-state index contributed by atoms with van der Waals surface area (Å²) in [6, 6.07) is 7.48. The van der Waals surface area contributed by atoms with Crippen LogP contribution in [0, 0.1) is 0 Å². The fraction of sp³-hybridized carbons (Fsp3) is 0.471. The maximum Gasteiger partial charge on any atom is 0.336 e. The van der Waals surface area contributed by atoms with Gasteiger partial charge in [-0.05, 0) is 43.4 Å². The second-order valence-electron chi connectivity index (χ2n) is 5.45.